The number of aliphatic hydroxyl groups is 3. The van der Waals surface area contributed by atoms with E-state index in [1.165, 1.54) is 0 Å². The molecular formula is C26H44NO6S-. The minimum Gasteiger partial charge on any atom is -0.772 e. The van der Waals surface area contributed by atoms with Gasteiger partial charge in [0.05, 0.1) is 18.3 Å². The number of hydrogen-bond donors (Lipinski definition) is 4. The molecule has 0 aromatic carbocycles. The van der Waals surface area contributed by atoms with Gasteiger partial charge in [-0.05, 0) is 97.7 Å². The highest BCUT2D eigenvalue weighted by Gasteiger charge is 2.65. The summed E-state index contributed by atoms with van der Waals surface area (Å²) in [6.07, 6.45) is 6.03. The molecule has 0 saturated heterocycles. The van der Waals surface area contributed by atoms with E-state index >= 15 is 0 Å². The predicted octanol–water partition coefficient (Wildman–Crippen LogP) is 2.36. The number of amides is 1. The summed E-state index contributed by atoms with van der Waals surface area (Å²) in [6, 6.07) is 0. The maximum atomic E-state index is 12.2. The monoisotopic (exact) mass is 498 g/mol. The molecule has 1 amide bonds. The molecule has 7 nitrogen and oxygen atoms in total. The van der Waals surface area contributed by atoms with Crippen LogP contribution in [-0.4, -0.2) is 60.6 Å². The van der Waals surface area contributed by atoms with Crippen LogP contribution in [0.25, 0.3) is 0 Å². The van der Waals surface area contributed by atoms with Gasteiger partial charge in [0.2, 0.25) is 5.91 Å². The van der Waals surface area contributed by atoms with E-state index in [2.05, 4.69) is 26.1 Å². The van der Waals surface area contributed by atoms with Crippen LogP contribution >= 0.6 is 0 Å². The Kier molecular flexibility index (Phi) is 7.86. The van der Waals surface area contributed by atoms with Crippen LogP contribution < -0.4 is 5.32 Å². The van der Waals surface area contributed by atoms with Crippen LogP contribution in [0.5, 0.6) is 0 Å². The van der Waals surface area contributed by atoms with Crippen LogP contribution in [0, 0.1) is 46.3 Å². The molecule has 0 bridgehead atoms. The van der Waals surface area contributed by atoms with E-state index in [-0.39, 0.29) is 64.9 Å². The first kappa shape index (κ1) is 26.5. The normalized spacial score (nSPS) is 47.7. The summed E-state index contributed by atoms with van der Waals surface area (Å²) < 4.78 is 21.3. The van der Waals surface area contributed by atoms with Crippen molar-refractivity contribution >= 4 is 17.0 Å². The Balaban J connectivity index is 1.45. The lowest BCUT2D eigenvalue weighted by Gasteiger charge is -2.63. The molecule has 0 aliphatic heterocycles. The third kappa shape index (κ3) is 4.62. The lowest BCUT2D eigenvalue weighted by molar-refractivity contribution is -0.207. The molecule has 4 saturated carbocycles. The zero-order valence-corrected chi connectivity index (χ0v) is 21.8. The Hall–Kier alpha value is -0.540. The van der Waals surface area contributed by atoms with E-state index in [1.54, 1.807) is 0 Å². The van der Waals surface area contributed by atoms with Gasteiger partial charge in [0.1, 0.15) is 0 Å². The first-order valence-corrected chi connectivity index (χ1v) is 14.6. The van der Waals surface area contributed by atoms with Crippen LogP contribution in [0.4, 0.5) is 0 Å². The minimum atomic E-state index is -2.15. The molecule has 1 unspecified atom stereocenters. The zero-order chi connectivity index (χ0) is 24.8. The first-order valence-electron chi connectivity index (χ1n) is 13.3. The number of aliphatic hydroxyl groups excluding tert-OH is 3. The molecule has 12 atom stereocenters. The summed E-state index contributed by atoms with van der Waals surface area (Å²) in [4.78, 5) is 12.2. The Morgan fingerprint density at radius 1 is 1.12 bits per heavy atom. The van der Waals surface area contributed by atoms with Crippen molar-refractivity contribution in [3.63, 3.8) is 0 Å². The second-order valence-electron chi connectivity index (χ2n) is 12.4. The average molecular weight is 499 g/mol. The van der Waals surface area contributed by atoms with E-state index in [1.807, 2.05) is 0 Å². The van der Waals surface area contributed by atoms with E-state index in [4.69, 9.17) is 0 Å². The molecule has 4 rings (SSSR count). The Morgan fingerprint density at radius 3 is 2.56 bits per heavy atom. The van der Waals surface area contributed by atoms with Gasteiger partial charge in [-0.1, -0.05) is 31.9 Å². The second-order valence-corrected chi connectivity index (χ2v) is 13.4. The molecule has 4 fully saturated rings. The molecule has 196 valence electrons. The second kappa shape index (κ2) is 10.1. The highest BCUT2D eigenvalue weighted by molar-refractivity contribution is 7.79. The predicted molar refractivity (Wildman–Crippen MR) is 129 cm³/mol. The van der Waals surface area contributed by atoms with Crippen molar-refractivity contribution in [2.75, 3.05) is 12.3 Å². The van der Waals surface area contributed by atoms with Gasteiger partial charge in [-0.2, -0.15) is 0 Å². The summed E-state index contributed by atoms with van der Waals surface area (Å²) in [7, 11) is 0. The number of fused-ring (bicyclic) bond motifs is 5. The smallest absolute Gasteiger partial charge is 0.220 e. The summed E-state index contributed by atoms with van der Waals surface area (Å²) in [5, 5.41) is 35.9. The number of nitrogens with one attached hydrogen (secondary N) is 1. The van der Waals surface area contributed by atoms with Gasteiger partial charge >= 0.3 is 0 Å². The molecule has 8 heteroatoms. The maximum Gasteiger partial charge on any atom is 0.220 e. The van der Waals surface area contributed by atoms with Gasteiger partial charge in [0.25, 0.3) is 0 Å². The molecule has 4 aliphatic rings. The fourth-order valence-corrected chi connectivity index (χ4v) is 9.32. The molecule has 0 heterocycles. The average Bonchev–Trinajstić information content (AvgIpc) is 3.12. The van der Waals surface area contributed by atoms with Gasteiger partial charge in [-0.25, -0.2) is 0 Å². The lowest BCUT2D eigenvalue weighted by Crippen LogP contribution is -2.62. The highest BCUT2D eigenvalue weighted by atomic mass is 32.2. The Bertz CT molecular complexity index is 780. The topological polar surface area (TPSA) is 130 Å². The van der Waals surface area contributed by atoms with Gasteiger partial charge in [0, 0.05) is 18.7 Å². The zero-order valence-electron chi connectivity index (χ0n) is 20.9. The van der Waals surface area contributed by atoms with E-state index < -0.39 is 17.2 Å². The van der Waals surface area contributed by atoms with Crippen LogP contribution in [0.2, 0.25) is 0 Å². The lowest BCUT2D eigenvalue weighted by atomic mass is 9.43. The van der Waals surface area contributed by atoms with E-state index in [9.17, 15) is 28.9 Å². The van der Waals surface area contributed by atoms with Gasteiger partial charge in [-0.3, -0.25) is 9.00 Å². The molecule has 34 heavy (non-hydrogen) atoms. The molecule has 0 radical (unpaired) electrons. The summed E-state index contributed by atoms with van der Waals surface area (Å²) in [5.41, 5.74) is -0.199. The van der Waals surface area contributed by atoms with Crippen molar-refractivity contribution in [1.29, 1.82) is 0 Å². The number of carbonyl (C=O) groups is 1. The van der Waals surface area contributed by atoms with Crippen LogP contribution in [-0.2, 0) is 15.9 Å². The van der Waals surface area contributed by atoms with Gasteiger partial charge in [0.15, 0.2) is 0 Å². The summed E-state index contributed by atoms with van der Waals surface area (Å²) >= 11 is -2.15. The maximum absolute atomic E-state index is 12.2. The molecule has 0 spiro atoms. The largest absolute Gasteiger partial charge is 0.772 e. The fraction of sp³-hybridized carbons (Fsp3) is 0.962. The molecular weight excluding hydrogens is 454 g/mol. The van der Waals surface area contributed by atoms with Crippen LogP contribution in [0.3, 0.4) is 0 Å². The quantitative estimate of drug-likeness (QED) is 0.399. The van der Waals surface area contributed by atoms with Crippen molar-refractivity contribution in [1.82, 2.24) is 5.32 Å². The molecule has 4 aliphatic carbocycles. The molecule has 4 N–H and O–H groups in total. The SMILES string of the molecule is C[C@H](CCC(=O)NCCS(=O)[O-])[C@H]1CC[C@H]2[C@@H]3[C@H](O)C[C@@H]4C[C@H](O)CC[C@]4(C)[C@H]3C[C@H](O)[C@]12C. The first-order chi connectivity index (χ1) is 16.0. The van der Waals surface area contributed by atoms with Gasteiger partial charge < -0.3 is 25.2 Å². The van der Waals surface area contributed by atoms with Crippen molar-refractivity contribution in [2.45, 2.75) is 96.9 Å². The van der Waals surface area contributed by atoms with E-state index in [0.717, 1.165) is 38.5 Å². The minimum absolute atomic E-state index is 0.0700. The highest BCUT2D eigenvalue weighted by Crippen LogP contribution is 2.68. The Labute approximate surface area is 206 Å². The van der Waals surface area contributed by atoms with Crippen LogP contribution in [0.15, 0.2) is 0 Å². The van der Waals surface area contributed by atoms with Crippen LogP contribution in [0.1, 0.15) is 78.6 Å². The number of carbonyl (C=O) groups excluding carboxylic acids is 1. The van der Waals surface area contributed by atoms with E-state index in [0.29, 0.717) is 31.1 Å². The number of hydrogen-bond acceptors (Lipinski definition) is 6. The fourth-order valence-electron chi connectivity index (χ4n) is 9.05. The third-order valence-electron chi connectivity index (χ3n) is 10.9. The van der Waals surface area contributed by atoms with Gasteiger partial charge in [-0.15, -0.1) is 0 Å². The van der Waals surface area contributed by atoms with Crippen molar-refractivity contribution in [2.24, 2.45) is 46.3 Å². The molecule has 0 aromatic heterocycles. The number of rotatable bonds is 7. The van der Waals surface area contributed by atoms with Crippen molar-refractivity contribution < 1.29 is 28.9 Å². The Morgan fingerprint density at radius 2 is 1.85 bits per heavy atom. The molecule has 0 aromatic rings. The standard InChI is InChI=1S/C26H45NO6S/c1-15(4-7-23(31)27-10-11-34(32)33)18-5-6-19-24-20(14-22(30)26(18,19)3)25(2)9-8-17(28)12-16(25)13-21(24)29/h15-22,24,28-30H,4-14H2,1-3H3,(H,27,31)(H,32,33)/p-1/t15-,16+,17-,18-,19+,20+,21-,22+,24+,25+,26-/m1/s1. The third-order valence-corrected chi connectivity index (χ3v) is 11.5. The van der Waals surface area contributed by atoms with Crippen molar-refractivity contribution in [3.05, 3.63) is 0 Å². The summed E-state index contributed by atoms with van der Waals surface area (Å²) in [5.74, 6) is 1.43. The summed E-state index contributed by atoms with van der Waals surface area (Å²) in [6.45, 7) is 6.89. The van der Waals surface area contributed by atoms with Crippen molar-refractivity contribution in [3.8, 4) is 0 Å².